The van der Waals surface area contributed by atoms with Crippen molar-refractivity contribution in [3.8, 4) is 11.3 Å². The SMILES string of the molecule is CCC(=O)N1C[C@@H]2C[C@](CN)(n3cc(-c4ncnc5[nH]ccc45)cn3)C[C@@H]2C1. The summed E-state index contributed by atoms with van der Waals surface area (Å²) >= 11 is 0. The largest absolute Gasteiger partial charge is 0.346 e. The lowest BCUT2D eigenvalue weighted by molar-refractivity contribution is -0.130. The minimum absolute atomic E-state index is 0.181. The number of hydrogen-bond acceptors (Lipinski definition) is 5. The Bertz CT molecular complexity index is 1010. The first-order valence-electron chi connectivity index (χ1n) is 9.95. The number of nitrogens with two attached hydrogens (primary N) is 1. The monoisotopic (exact) mass is 379 g/mol. The van der Waals surface area contributed by atoms with Gasteiger partial charge in [0.25, 0.3) is 0 Å². The topological polar surface area (TPSA) is 106 Å². The second-order valence-electron chi connectivity index (χ2n) is 8.14. The number of nitrogens with zero attached hydrogens (tertiary/aromatic N) is 5. The van der Waals surface area contributed by atoms with Crippen LogP contribution >= 0.6 is 0 Å². The average molecular weight is 379 g/mol. The average Bonchev–Trinajstić information content (AvgIpc) is 3.48. The molecule has 1 aliphatic carbocycles. The second-order valence-corrected chi connectivity index (χ2v) is 8.14. The molecule has 28 heavy (non-hydrogen) atoms. The van der Waals surface area contributed by atoms with Crippen molar-refractivity contribution in [2.24, 2.45) is 17.6 Å². The Morgan fingerprint density at radius 1 is 1.32 bits per heavy atom. The van der Waals surface area contributed by atoms with Gasteiger partial charge in [-0.3, -0.25) is 9.48 Å². The van der Waals surface area contributed by atoms with Gasteiger partial charge >= 0.3 is 0 Å². The molecule has 3 aromatic heterocycles. The second kappa shape index (κ2) is 6.41. The fourth-order valence-corrected chi connectivity index (χ4v) is 5.14. The van der Waals surface area contributed by atoms with E-state index in [1.807, 2.05) is 35.0 Å². The van der Waals surface area contributed by atoms with Gasteiger partial charge in [0.1, 0.15) is 12.0 Å². The van der Waals surface area contributed by atoms with E-state index in [4.69, 9.17) is 10.8 Å². The molecule has 3 aromatic rings. The predicted octanol–water partition coefficient (Wildman–Crippen LogP) is 1.75. The molecule has 1 amide bonds. The van der Waals surface area contributed by atoms with Crippen LogP contribution in [0.2, 0.25) is 0 Å². The molecular weight excluding hydrogens is 354 g/mol. The van der Waals surface area contributed by atoms with Crippen LogP contribution in [0.15, 0.2) is 31.0 Å². The van der Waals surface area contributed by atoms with Crippen molar-refractivity contribution >= 4 is 16.9 Å². The summed E-state index contributed by atoms with van der Waals surface area (Å²) < 4.78 is 2.05. The first kappa shape index (κ1) is 17.4. The van der Waals surface area contributed by atoms with E-state index in [0.29, 0.717) is 24.8 Å². The van der Waals surface area contributed by atoms with E-state index in [1.165, 1.54) is 0 Å². The number of hydrogen-bond donors (Lipinski definition) is 2. The highest BCUT2D eigenvalue weighted by Crippen LogP contribution is 2.47. The molecule has 146 valence electrons. The number of carbonyl (C=O) groups excluding carboxylic acids is 1. The Morgan fingerprint density at radius 2 is 2.11 bits per heavy atom. The number of fused-ring (bicyclic) bond motifs is 2. The fourth-order valence-electron chi connectivity index (χ4n) is 5.14. The van der Waals surface area contributed by atoms with E-state index < -0.39 is 0 Å². The molecule has 4 heterocycles. The molecule has 0 aromatic carbocycles. The summed E-state index contributed by atoms with van der Waals surface area (Å²) in [7, 11) is 0. The summed E-state index contributed by atoms with van der Waals surface area (Å²) in [6, 6.07) is 1.99. The van der Waals surface area contributed by atoms with Gasteiger partial charge in [-0.15, -0.1) is 0 Å². The zero-order valence-corrected chi connectivity index (χ0v) is 16.0. The van der Waals surface area contributed by atoms with Gasteiger partial charge < -0.3 is 15.6 Å². The number of aromatic nitrogens is 5. The molecule has 8 heteroatoms. The maximum atomic E-state index is 12.1. The summed E-state index contributed by atoms with van der Waals surface area (Å²) in [5.41, 5.74) is 8.76. The van der Waals surface area contributed by atoms with Crippen molar-refractivity contribution in [2.45, 2.75) is 31.7 Å². The van der Waals surface area contributed by atoms with Crippen LogP contribution in [0.5, 0.6) is 0 Å². The highest BCUT2D eigenvalue weighted by atomic mass is 16.2. The van der Waals surface area contributed by atoms with E-state index in [2.05, 4.69) is 21.1 Å². The van der Waals surface area contributed by atoms with E-state index in [0.717, 1.165) is 48.2 Å². The summed E-state index contributed by atoms with van der Waals surface area (Å²) in [5.74, 6) is 1.26. The summed E-state index contributed by atoms with van der Waals surface area (Å²) in [4.78, 5) is 25.9. The van der Waals surface area contributed by atoms with Gasteiger partial charge in [0.2, 0.25) is 5.91 Å². The molecule has 0 bridgehead atoms. The summed E-state index contributed by atoms with van der Waals surface area (Å²) in [5, 5.41) is 5.68. The third kappa shape index (κ3) is 2.55. The standard InChI is InChI=1S/C20H25N7O/c1-2-17(28)26-8-13-5-20(11-21,6-14(13)9-26)27-10-15(7-25-27)18-16-3-4-22-19(16)24-12-23-18/h3-4,7,10,12-14H,2,5-6,8-9,11,21H2,1H3,(H,22,23,24)/t13-,14+,20-. The number of nitrogens with one attached hydrogen (secondary N) is 1. The van der Waals surface area contributed by atoms with Crippen LogP contribution in [0.1, 0.15) is 26.2 Å². The summed E-state index contributed by atoms with van der Waals surface area (Å²) in [6.07, 6.45) is 9.89. The molecular formula is C20H25N7O. The van der Waals surface area contributed by atoms with Crippen LogP contribution in [0.4, 0.5) is 0 Å². The van der Waals surface area contributed by atoms with Crippen LogP contribution in [0.25, 0.3) is 22.3 Å². The first-order valence-corrected chi connectivity index (χ1v) is 9.95. The van der Waals surface area contributed by atoms with Crippen molar-refractivity contribution in [1.29, 1.82) is 0 Å². The third-order valence-corrected chi connectivity index (χ3v) is 6.59. The number of carbonyl (C=O) groups is 1. The number of rotatable bonds is 4. The highest BCUT2D eigenvalue weighted by Gasteiger charge is 2.50. The van der Waals surface area contributed by atoms with Crippen molar-refractivity contribution in [2.75, 3.05) is 19.6 Å². The predicted molar refractivity (Wildman–Crippen MR) is 105 cm³/mol. The molecule has 8 nitrogen and oxygen atoms in total. The Kier molecular flexibility index (Phi) is 3.97. The smallest absolute Gasteiger partial charge is 0.222 e. The summed E-state index contributed by atoms with van der Waals surface area (Å²) in [6.45, 7) is 4.18. The fraction of sp³-hybridized carbons (Fsp3) is 0.500. The van der Waals surface area contributed by atoms with E-state index >= 15 is 0 Å². The lowest BCUT2D eigenvalue weighted by Crippen LogP contribution is -2.41. The van der Waals surface area contributed by atoms with Crippen LogP contribution in [-0.4, -0.2) is 55.2 Å². The molecule has 0 unspecified atom stereocenters. The van der Waals surface area contributed by atoms with Gasteiger partial charge in [0.05, 0.1) is 17.4 Å². The molecule has 2 aliphatic rings. The minimum Gasteiger partial charge on any atom is -0.346 e. The van der Waals surface area contributed by atoms with Crippen molar-refractivity contribution in [1.82, 2.24) is 29.6 Å². The van der Waals surface area contributed by atoms with Gasteiger partial charge in [-0.1, -0.05) is 6.92 Å². The van der Waals surface area contributed by atoms with E-state index in [-0.39, 0.29) is 11.4 Å². The zero-order valence-electron chi connectivity index (χ0n) is 16.0. The van der Waals surface area contributed by atoms with E-state index in [1.54, 1.807) is 6.33 Å². The van der Waals surface area contributed by atoms with Crippen LogP contribution < -0.4 is 5.73 Å². The molecule has 1 saturated heterocycles. The molecule has 0 radical (unpaired) electrons. The van der Waals surface area contributed by atoms with Gasteiger partial charge in [-0.05, 0) is 30.7 Å². The van der Waals surface area contributed by atoms with Gasteiger partial charge in [0, 0.05) is 49.4 Å². The lowest BCUT2D eigenvalue weighted by atomic mass is 9.95. The van der Waals surface area contributed by atoms with E-state index in [9.17, 15) is 4.79 Å². The van der Waals surface area contributed by atoms with Crippen molar-refractivity contribution < 1.29 is 4.79 Å². The number of aromatic amines is 1. The Labute approximate surface area is 163 Å². The van der Waals surface area contributed by atoms with Gasteiger partial charge in [-0.2, -0.15) is 5.10 Å². The van der Waals surface area contributed by atoms with Crippen molar-refractivity contribution in [3.05, 3.63) is 31.0 Å². The normalized spacial score (nSPS) is 26.9. The van der Waals surface area contributed by atoms with Gasteiger partial charge in [0.15, 0.2) is 0 Å². The maximum Gasteiger partial charge on any atom is 0.222 e. The highest BCUT2D eigenvalue weighted by molar-refractivity contribution is 5.90. The Balaban J connectivity index is 1.43. The molecule has 1 saturated carbocycles. The van der Waals surface area contributed by atoms with Crippen LogP contribution in [0.3, 0.4) is 0 Å². The van der Waals surface area contributed by atoms with Crippen molar-refractivity contribution in [3.63, 3.8) is 0 Å². The molecule has 1 aliphatic heterocycles. The lowest BCUT2D eigenvalue weighted by Gasteiger charge is -2.30. The number of likely N-dealkylation sites (tertiary alicyclic amines) is 1. The molecule has 0 spiro atoms. The first-order chi connectivity index (χ1) is 13.6. The zero-order chi connectivity index (χ0) is 19.3. The molecule has 3 N–H and O–H groups in total. The molecule has 2 fully saturated rings. The number of amides is 1. The molecule has 3 atom stereocenters. The number of H-pyrrole nitrogens is 1. The Morgan fingerprint density at radius 3 is 2.82 bits per heavy atom. The van der Waals surface area contributed by atoms with Gasteiger partial charge in [-0.25, -0.2) is 9.97 Å². The third-order valence-electron chi connectivity index (χ3n) is 6.59. The quantitative estimate of drug-likeness (QED) is 0.718. The Hall–Kier alpha value is -2.74. The maximum absolute atomic E-state index is 12.1. The van der Waals surface area contributed by atoms with Crippen LogP contribution in [-0.2, 0) is 10.3 Å². The minimum atomic E-state index is -0.181. The molecule has 5 rings (SSSR count). The van der Waals surface area contributed by atoms with Crippen LogP contribution in [0, 0.1) is 11.8 Å².